The highest BCUT2D eigenvalue weighted by molar-refractivity contribution is 5.76. The van der Waals surface area contributed by atoms with Crippen LogP contribution < -0.4 is 5.73 Å². The summed E-state index contributed by atoms with van der Waals surface area (Å²) in [5.74, 6) is 0.616. The van der Waals surface area contributed by atoms with Crippen LogP contribution in [0.1, 0.15) is 25.8 Å². The topological polar surface area (TPSA) is 46.3 Å². The third-order valence-electron chi connectivity index (χ3n) is 2.51. The number of nitrogens with two attached hydrogens (primary N) is 1. The monoisotopic (exact) mass is 234 g/mol. The lowest BCUT2D eigenvalue weighted by Gasteiger charge is -2.24. The Balaban J connectivity index is 2.66. The van der Waals surface area contributed by atoms with E-state index in [0.717, 1.165) is 6.54 Å². The average molecular weight is 234 g/mol. The fraction of sp³-hybridized carbons (Fsp3) is 0.500. The van der Waals surface area contributed by atoms with E-state index in [-0.39, 0.29) is 5.91 Å². The van der Waals surface area contributed by atoms with Crippen molar-refractivity contribution in [3.63, 3.8) is 0 Å². The van der Waals surface area contributed by atoms with Gasteiger partial charge in [0, 0.05) is 26.1 Å². The average Bonchev–Trinajstić information content (AvgIpc) is 2.29. The fourth-order valence-corrected chi connectivity index (χ4v) is 1.78. The number of carbonyl (C=O) groups is 1. The van der Waals surface area contributed by atoms with Crippen LogP contribution in [0.15, 0.2) is 30.3 Å². The van der Waals surface area contributed by atoms with Crippen LogP contribution in [0.5, 0.6) is 0 Å². The Labute approximate surface area is 104 Å². The fourth-order valence-electron chi connectivity index (χ4n) is 1.78. The zero-order valence-corrected chi connectivity index (χ0v) is 10.7. The van der Waals surface area contributed by atoms with Gasteiger partial charge in [-0.2, -0.15) is 0 Å². The molecule has 0 bridgehead atoms. The highest BCUT2D eigenvalue weighted by Crippen LogP contribution is 2.08. The zero-order chi connectivity index (χ0) is 12.7. The summed E-state index contributed by atoms with van der Waals surface area (Å²) in [6.45, 7) is 6.12. The molecule has 3 nitrogen and oxygen atoms in total. The second-order valence-electron chi connectivity index (χ2n) is 4.69. The molecule has 0 radical (unpaired) electrons. The van der Waals surface area contributed by atoms with Gasteiger partial charge in [0.2, 0.25) is 5.91 Å². The SMILES string of the molecule is CC(C)CN(Cc1ccccc1)C(=O)CCN. The Morgan fingerprint density at radius 2 is 1.94 bits per heavy atom. The van der Waals surface area contributed by atoms with E-state index in [0.29, 0.717) is 25.4 Å². The normalized spacial score (nSPS) is 10.6. The van der Waals surface area contributed by atoms with Crippen molar-refractivity contribution in [1.82, 2.24) is 4.90 Å². The molecule has 0 unspecified atom stereocenters. The van der Waals surface area contributed by atoms with Crippen molar-refractivity contribution in [2.45, 2.75) is 26.8 Å². The van der Waals surface area contributed by atoms with Crippen LogP contribution >= 0.6 is 0 Å². The van der Waals surface area contributed by atoms with Crippen molar-refractivity contribution in [1.29, 1.82) is 0 Å². The molecule has 2 N–H and O–H groups in total. The first-order valence-corrected chi connectivity index (χ1v) is 6.15. The molecule has 0 atom stereocenters. The van der Waals surface area contributed by atoms with Crippen molar-refractivity contribution in [3.8, 4) is 0 Å². The summed E-state index contributed by atoms with van der Waals surface area (Å²) in [5, 5.41) is 0. The second-order valence-corrected chi connectivity index (χ2v) is 4.69. The lowest BCUT2D eigenvalue weighted by atomic mass is 10.1. The standard InChI is InChI=1S/C14H22N2O/c1-12(2)10-16(14(17)8-9-15)11-13-6-4-3-5-7-13/h3-7,12H,8-11,15H2,1-2H3. The molecular formula is C14H22N2O. The number of carbonyl (C=O) groups excluding carboxylic acids is 1. The Hall–Kier alpha value is -1.35. The molecule has 1 aromatic rings. The van der Waals surface area contributed by atoms with Gasteiger partial charge in [-0.25, -0.2) is 0 Å². The number of amides is 1. The quantitative estimate of drug-likeness (QED) is 0.818. The second kappa shape index (κ2) is 7.07. The summed E-state index contributed by atoms with van der Waals surface area (Å²) in [7, 11) is 0. The van der Waals surface area contributed by atoms with E-state index < -0.39 is 0 Å². The first kappa shape index (κ1) is 13.7. The van der Waals surface area contributed by atoms with Gasteiger partial charge in [0.1, 0.15) is 0 Å². The molecule has 1 amide bonds. The van der Waals surface area contributed by atoms with E-state index in [1.165, 1.54) is 5.56 Å². The minimum atomic E-state index is 0.144. The number of hydrogen-bond acceptors (Lipinski definition) is 2. The molecule has 0 fully saturated rings. The highest BCUT2D eigenvalue weighted by Gasteiger charge is 2.14. The van der Waals surface area contributed by atoms with Crippen LogP contribution in [0.25, 0.3) is 0 Å². The molecule has 0 aliphatic carbocycles. The molecule has 0 spiro atoms. The summed E-state index contributed by atoms with van der Waals surface area (Å²) in [6.07, 6.45) is 0.430. The van der Waals surface area contributed by atoms with Crippen molar-refractivity contribution < 1.29 is 4.79 Å². The molecule has 0 saturated heterocycles. The number of benzene rings is 1. The maximum Gasteiger partial charge on any atom is 0.224 e. The summed E-state index contributed by atoms with van der Waals surface area (Å²) in [5.41, 5.74) is 6.61. The van der Waals surface area contributed by atoms with E-state index in [9.17, 15) is 4.79 Å². The van der Waals surface area contributed by atoms with Gasteiger partial charge < -0.3 is 10.6 Å². The molecular weight excluding hydrogens is 212 g/mol. The summed E-state index contributed by atoms with van der Waals surface area (Å²) in [6, 6.07) is 10.1. The molecule has 94 valence electrons. The van der Waals surface area contributed by atoms with Crippen LogP contribution in [-0.2, 0) is 11.3 Å². The van der Waals surface area contributed by atoms with Gasteiger partial charge in [0.25, 0.3) is 0 Å². The largest absolute Gasteiger partial charge is 0.338 e. The predicted molar refractivity (Wildman–Crippen MR) is 70.4 cm³/mol. The van der Waals surface area contributed by atoms with Gasteiger partial charge in [-0.3, -0.25) is 4.79 Å². The molecule has 1 aromatic carbocycles. The minimum absolute atomic E-state index is 0.144. The van der Waals surface area contributed by atoms with Crippen molar-refractivity contribution >= 4 is 5.91 Å². The highest BCUT2D eigenvalue weighted by atomic mass is 16.2. The first-order chi connectivity index (χ1) is 8.13. The minimum Gasteiger partial charge on any atom is -0.338 e. The van der Waals surface area contributed by atoms with Crippen LogP contribution in [0.3, 0.4) is 0 Å². The molecule has 0 heterocycles. The van der Waals surface area contributed by atoms with Crippen molar-refractivity contribution in [3.05, 3.63) is 35.9 Å². The van der Waals surface area contributed by atoms with Crippen LogP contribution in [0.4, 0.5) is 0 Å². The predicted octanol–water partition coefficient (Wildman–Crippen LogP) is 2.02. The van der Waals surface area contributed by atoms with Gasteiger partial charge in [0.15, 0.2) is 0 Å². The van der Waals surface area contributed by atoms with Crippen LogP contribution in [0.2, 0.25) is 0 Å². The Morgan fingerprint density at radius 1 is 1.29 bits per heavy atom. The Bertz CT molecular complexity index is 335. The number of nitrogens with zero attached hydrogens (tertiary/aromatic N) is 1. The van der Waals surface area contributed by atoms with E-state index in [2.05, 4.69) is 13.8 Å². The van der Waals surface area contributed by atoms with E-state index in [1.807, 2.05) is 35.2 Å². The third-order valence-corrected chi connectivity index (χ3v) is 2.51. The Morgan fingerprint density at radius 3 is 2.47 bits per heavy atom. The third kappa shape index (κ3) is 5.00. The lowest BCUT2D eigenvalue weighted by molar-refractivity contribution is -0.132. The van der Waals surface area contributed by atoms with Gasteiger partial charge in [0.05, 0.1) is 0 Å². The van der Waals surface area contributed by atoms with Crippen molar-refractivity contribution in [2.24, 2.45) is 11.7 Å². The molecule has 17 heavy (non-hydrogen) atoms. The van der Waals surface area contributed by atoms with Gasteiger partial charge in [-0.15, -0.1) is 0 Å². The van der Waals surface area contributed by atoms with Gasteiger partial charge >= 0.3 is 0 Å². The maximum atomic E-state index is 11.9. The van der Waals surface area contributed by atoms with Crippen molar-refractivity contribution in [2.75, 3.05) is 13.1 Å². The summed E-state index contributed by atoms with van der Waals surface area (Å²) < 4.78 is 0. The maximum absolute atomic E-state index is 11.9. The molecule has 3 heteroatoms. The molecule has 0 saturated carbocycles. The molecule has 1 rings (SSSR count). The van der Waals surface area contributed by atoms with Gasteiger partial charge in [-0.05, 0) is 11.5 Å². The van der Waals surface area contributed by atoms with E-state index in [1.54, 1.807) is 0 Å². The van der Waals surface area contributed by atoms with Crippen LogP contribution in [0, 0.1) is 5.92 Å². The number of hydrogen-bond donors (Lipinski definition) is 1. The van der Waals surface area contributed by atoms with Crippen LogP contribution in [-0.4, -0.2) is 23.9 Å². The molecule has 0 aliphatic rings. The molecule has 0 aliphatic heterocycles. The van der Waals surface area contributed by atoms with E-state index in [4.69, 9.17) is 5.73 Å². The van der Waals surface area contributed by atoms with E-state index >= 15 is 0 Å². The number of rotatable bonds is 6. The Kier molecular flexibility index (Phi) is 5.70. The molecule has 0 aromatic heterocycles. The lowest BCUT2D eigenvalue weighted by Crippen LogP contribution is -2.34. The summed E-state index contributed by atoms with van der Waals surface area (Å²) >= 11 is 0. The zero-order valence-electron chi connectivity index (χ0n) is 10.7. The first-order valence-electron chi connectivity index (χ1n) is 6.15. The summed E-state index contributed by atoms with van der Waals surface area (Å²) in [4.78, 5) is 13.8. The van der Waals surface area contributed by atoms with Gasteiger partial charge in [-0.1, -0.05) is 44.2 Å². The smallest absolute Gasteiger partial charge is 0.224 e.